The summed E-state index contributed by atoms with van der Waals surface area (Å²) in [5.41, 5.74) is 1.68. The standard InChI is InChI=1S/C18H20ClN3O2S/c1-3-16-20-14(11-25-16)10-21(2)18(24)12-8-17(23)22(9-12)15-6-4-13(19)5-7-15/h4-7,11-12H,3,8-10H2,1-2H3. The third kappa shape index (κ3) is 4.02. The van der Waals surface area contributed by atoms with Crippen LogP contribution in [0.3, 0.4) is 0 Å². The van der Waals surface area contributed by atoms with Gasteiger partial charge in [-0.05, 0) is 30.7 Å². The molecule has 1 aromatic carbocycles. The number of carbonyl (C=O) groups excluding carboxylic acids is 2. The lowest BCUT2D eigenvalue weighted by Gasteiger charge is -2.21. The number of aryl methyl sites for hydroxylation is 1. The summed E-state index contributed by atoms with van der Waals surface area (Å²) in [6.07, 6.45) is 1.14. The van der Waals surface area contributed by atoms with Crippen LogP contribution in [0, 0.1) is 5.92 Å². The Hall–Kier alpha value is -1.92. The zero-order chi connectivity index (χ0) is 18.0. The average molecular weight is 378 g/mol. The van der Waals surface area contributed by atoms with Gasteiger partial charge >= 0.3 is 0 Å². The molecule has 25 heavy (non-hydrogen) atoms. The molecule has 7 heteroatoms. The SMILES string of the molecule is CCc1nc(CN(C)C(=O)C2CC(=O)N(c3ccc(Cl)cc3)C2)cs1. The van der Waals surface area contributed by atoms with Gasteiger partial charge in [-0.15, -0.1) is 11.3 Å². The number of aromatic nitrogens is 1. The number of hydrogen-bond acceptors (Lipinski definition) is 4. The molecule has 2 aromatic rings. The maximum absolute atomic E-state index is 12.7. The summed E-state index contributed by atoms with van der Waals surface area (Å²) in [7, 11) is 1.77. The van der Waals surface area contributed by atoms with E-state index in [2.05, 4.69) is 11.9 Å². The first-order chi connectivity index (χ1) is 12.0. The average Bonchev–Trinajstić information content (AvgIpc) is 3.21. The van der Waals surface area contributed by atoms with E-state index in [1.165, 1.54) is 0 Å². The Bertz CT molecular complexity index is 775. The molecule has 1 aliphatic rings. The fraction of sp³-hybridized carbons (Fsp3) is 0.389. The first-order valence-electron chi connectivity index (χ1n) is 8.22. The molecule has 1 aromatic heterocycles. The third-order valence-electron chi connectivity index (χ3n) is 4.29. The van der Waals surface area contributed by atoms with E-state index in [1.54, 1.807) is 52.4 Å². The van der Waals surface area contributed by atoms with Gasteiger partial charge in [0.05, 0.1) is 23.2 Å². The molecular weight excluding hydrogens is 358 g/mol. The van der Waals surface area contributed by atoms with Crippen LogP contribution in [-0.2, 0) is 22.6 Å². The first-order valence-corrected chi connectivity index (χ1v) is 9.48. The molecule has 0 N–H and O–H groups in total. The number of rotatable bonds is 5. The molecule has 0 radical (unpaired) electrons. The molecule has 0 bridgehead atoms. The molecule has 132 valence electrons. The molecule has 2 heterocycles. The minimum absolute atomic E-state index is 0.0177. The second kappa shape index (κ2) is 7.54. The summed E-state index contributed by atoms with van der Waals surface area (Å²) in [5.74, 6) is -0.371. The van der Waals surface area contributed by atoms with Crippen LogP contribution in [0.15, 0.2) is 29.6 Å². The van der Waals surface area contributed by atoms with E-state index < -0.39 is 0 Å². The molecule has 5 nitrogen and oxygen atoms in total. The molecular formula is C18H20ClN3O2S. The summed E-state index contributed by atoms with van der Waals surface area (Å²) in [4.78, 5) is 32.8. The van der Waals surface area contributed by atoms with Gasteiger partial charge in [0.15, 0.2) is 0 Å². The maximum Gasteiger partial charge on any atom is 0.228 e. The van der Waals surface area contributed by atoms with Crippen LogP contribution in [0.2, 0.25) is 5.02 Å². The van der Waals surface area contributed by atoms with Gasteiger partial charge in [0.1, 0.15) is 0 Å². The number of hydrogen-bond donors (Lipinski definition) is 0. The van der Waals surface area contributed by atoms with Crippen molar-refractivity contribution < 1.29 is 9.59 Å². The lowest BCUT2D eigenvalue weighted by molar-refractivity contribution is -0.135. The Morgan fingerprint density at radius 1 is 1.40 bits per heavy atom. The van der Waals surface area contributed by atoms with Gasteiger partial charge in [-0.1, -0.05) is 18.5 Å². The van der Waals surface area contributed by atoms with Crippen molar-refractivity contribution in [2.24, 2.45) is 5.92 Å². The molecule has 3 rings (SSSR count). The Morgan fingerprint density at radius 3 is 2.76 bits per heavy atom. The maximum atomic E-state index is 12.7. The van der Waals surface area contributed by atoms with Gasteiger partial charge in [0.2, 0.25) is 11.8 Å². The molecule has 0 aliphatic carbocycles. The summed E-state index contributed by atoms with van der Waals surface area (Å²) in [6, 6.07) is 7.11. The Morgan fingerprint density at radius 2 is 2.12 bits per heavy atom. The highest BCUT2D eigenvalue weighted by atomic mass is 35.5. The smallest absolute Gasteiger partial charge is 0.228 e. The fourth-order valence-electron chi connectivity index (χ4n) is 2.96. The zero-order valence-corrected chi connectivity index (χ0v) is 15.8. The number of thiazole rings is 1. The monoisotopic (exact) mass is 377 g/mol. The van der Waals surface area contributed by atoms with Crippen molar-refractivity contribution in [3.05, 3.63) is 45.4 Å². The second-order valence-electron chi connectivity index (χ2n) is 6.16. The van der Waals surface area contributed by atoms with Gasteiger partial charge in [-0.2, -0.15) is 0 Å². The van der Waals surface area contributed by atoms with Crippen LogP contribution in [0.5, 0.6) is 0 Å². The number of benzene rings is 1. The fourth-order valence-corrected chi connectivity index (χ4v) is 3.82. The van der Waals surface area contributed by atoms with Gasteiger partial charge in [0, 0.05) is 36.1 Å². The van der Waals surface area contributed by atoms with E-state index in [9.17, 15) is 9.59 Å². The normalized spacial score (nSPS) is 17.2. The topological polar surface area (TPSA) is 53.5 Å². The number of carbonyl (C=O) groups is 2. The van der Waals surface area contributed by atoms with Crippen LogP contribution in [0.25, 0.3) is 0 Å². The molecule has 2 amide bonds. The molecule has 1 unspecified atom stereocenters. The molecule has 0 spiro atoms. The van der Waals surface area contributed by atoms with Crippen LogP contribution in [-0.4, -0.2) is 35.3 Å². The molecule has 1 atom stereocenters. The van der Waals surface area contributed by atoms with Crippen LogP contribution < -0.4 is 4.90 Å². The summed E-state index contributed by atoms with van der Waals surface area (Å²) in [6.45, 7) is 2.94. The van der Waals surface area contributed by atoms with E-state index in [-0.39, 0.29) is 24.2 Å². The third-order valence-corrected chi connectivity index (χ3v) is 5.58. The van der Waals surface area contributed by atoms with Crippen molar-refractivity contribution >= 4 is 40.4 Å². The molecule has 1 aliphatic heterocycles. The minimum atomic E-state index is -0.322. The summed E-state index contributed by atoms with van der Waals surface area (Å²) >= 11 is 7.51. The first kappa shape index (κ1) is 17.9. The van der Waals surface area contributed by atoms with Crippen LogP contribution >= 0.6 is 22.9 Å². The van der Waals surface area contributed by atoms with Gasteiger partial charge < -0.3 is 9.80 Å². The van der Waals surface area contributed by atoms with E-state index in [0.717, 1.165) is 22.8 Å². The largest absolute Gasteiger partial charge is 0.340 e. The quantitative estimate of drug-likeness (QED) is 0.802. The van der Waals surface area contributed by atoms with Gasteiger partial charge in [0.25, 0.3) is 0 Å². The number of anilines is 1. The van der Waals surface area contributed by atoms with Crippen molar-refractivity contribution in [1.82, 2.24) is 9.88 Å². The van der Waals surface area contributed by atoms with Crippen molar-refractivity contribution in [2.45, 2.75) is 26.3 Å². The highest BCUT2D eigenvalue weighted by molar-refractivity contribution is 7.09. The number of nitrogens with zero attached hydrogens (tertiary/aromatic N) is 3. The highest BCUT2D eigenvalue weighted by Gasteiger charge is 2.36. The molecule has 1 saturated heterocycles. The molecule has 1 fully saturated rings. The Kier molecular flexibility index (Phi) is 5.39. The van der Waals surface area contributed by atoms with Crippen molar-refractivity contribution in [1.29, 1.82) is 0 Å². The predicted octanol–water partition coefficient (Wildman–Crippen LogP) is 3.37. The van der Waals surface area contributed by atoms with Crippen molar-refractivity contribution in [3.8, 4) is 0 Å². The van der Waals surface area contributed by atoms with Gasteiger partial charge in [-0.25, -0.2) is 4.98 Å². The van der Waals surface area contributed by atoms with Crippen molar-refractivity contribution in [3.63, 3.8) is 0 Å². The van der Waals surface area contributed by atoms with Gasteiger partial charge in [-0.3, -0.25) is 9.59 Å². The summed E-state index contributed by atoms with van der Waals surface area (Å²) < 4.78 is 0. The van der Waals surface area contributed by atoms with E-state index in [1.807, 2.05) is 5.38 Å². The predicted molar refractivity (Wildman–Crippen MR) is 99.9 cm³/mol. The van der Waals surface area contributed by atoms with Crippen molar-refractivity contribution in [2.75, 3.05) is 18.5 Å². The van der Waals surface area contributed by atoms with Crippen LogP contribution in [0.4, 0.5) is 5.69 Å². The highest BCUT2D eigenvalue weighted by Crippen LogP contribution is 2.27. The Labute approximate surface area is 156 Å². The van der Waals surface area contributed by atoms with Crippen LogP contribution in [0.1, 0.15) is 24.0 Å². The van der Waals surface area contributed by atoms with E-state index in [0.29, 0.717) is 18.1 Å². The summed E-state index contributed by atoms with van der Waals surface area (Å²) in [5, 5.41) is 3.68. The number of amides is 2. The minimum Gasteiger partial charge on any atom is -0.340 e. The lowest BCUT2D eigenvalue weighted by Crippen LogP contribution is -2.34. The lowest BCUT2D eigenvalue weighted by atomic mass is 10.1. The Balaban J connectivity index is 1.64. The zero-order valence-electron chi connectivity index (χ0n) is 14.2. The van der Waals surface area contributed by atoms with E-state index >= 15 is 0 Å². The molecule has 0 saturated carbocycles. The second-order valence-corrected chi connectivity index (χ2v) is 7.54. The van der Waals surface area contributed by atoms with E-state index in [4.69, 9.17) is 11.6 Å². The number of halogens is 1.